The summed E-state index contributed by atoms with van der Waals surface area (Å²) in [5.74, 6) is 0.000475. The van der Waals surface area contributed by atoms with Gasteiger partial charge in [-0.05, 0) is 30.5 Å². The van der Waals surface area contributed by atoms with E-state index in [0.717, 1.165) is 39.1 Å². The maximum atomic E-state index is 13.6. The predicted octanol–water partition coefficient (Wildman–Crippen LogP) is 3.89. The van der Waals surface area contributed by atoms with E-state index in [4.69, 9.17) is 9.47 Å². The van der Waals surface area contributed by atoms with Gasteiger partial charge in [0.05, 0.1) is 6.10 Å². The second-order valence-electron chi connectivity index (χ2n) is 6.13. The molecule has 0 N–H and O–H groups in total. The highest BCUT2D eigenvalue weighted by molar-refractivity contribution is 5.23. The van der Waals surface area contributed by atoms with Gasteiger partial charge in [0.15, 0.2) is 11.6 Å². The first kappa shape index (κ1) is 16.9. The van der Waals surface area contributed by atoms with Crippen molar-refractivity contribution in [1.29, 1.82) is 0 Å². The summed E-state index contributed by atoms with van der Waals surface area (Å²) < 4.78 is 25.0. The highest BCUT2D eigenvalue weighted by Crippen LogP contribution is 2.17. The van der Waals surface area contributed by atoms with Crippen LogP contribution >= 0.6 is 0 Å². The summed E-state index contributed by atoms with van der Waals surface area (Å²) in [5, 5.41) is 0. The van der Waals surface area contributed by atoms with Crippen LogP contribution in [0.1, 0.15) is 18.4 Å². The van der Waals surface area contributed by atoms with Gasteiger partial charge in [0, 0.05) is 26.2 Å². The number of benzene rings is 2. The van der Waals surface area contributed by atoms with Gasteiger partial charge in [-0.1, -0.05) is 42.5 Å². The van der Waals surface area contributed by atoms with Crippen molar-refractivity contribution in [1.82, 2.24) is 4.90 Å². The Hall–Kier alpha value is -1.91. The summed E-state index contributed by atoms with van der Waals surface area (Å²) in [6, 6.07) is 16.9. The standard InChI is InChI=1S/C20H24FNO2/c21-19-10-4-5-11-20(19)24-14-12-22(16-18-9-6-13-23-18)15-17-7-2-1-3-8-17/h1-5,7-8,10-11,18H,6,9,12-16H2. The minimum atomic E-state index is -0.314. The molecule has 0 bridgehead atoms. The highest BCUT2D eigenvalue weighted by atomic mass is 19.1. The second-order valence-corrected chi connectivity index (χ2v) is 6.13. The maximum Gasteiger partial charge on any atom is 0.165 e. The van der Waals surface area contributed by atoms with Gasteiger partial charge >= 0.3 is 0 Å². The summed E-state index contributed by atoms with van der Waals surface area (Å²) in [6.07, 6.45) is 2.54. The zero-order valence-corrected chi connectivity index (χ0v) is 13.9. The molecule has 0 spiro atoms. The summed E-state index contributed by atoms with van der Waals surface area (Å²) in [6.45, 7) is 3.79. The third-order valence-electron chi connectivity index (χ3n) is 4.24. The van der Waals surface area contributed by atoms with Gasteiger partial charge in [-0.3, -0.25) is 4.90 Å². The Balaban J connectivity index is 1.55. The van der Waals surface area contributed by atoms with Crippen LogP contribution in [0.5, 0.6) is 5.75 Å². The lowest BCUT2D eigenvalue weighted by Gasteiger charge is -2.25. The molecule has 2 aromatic carbocycles. The zero-order chi connectivity index (χ0) is 16.6. The van der Waals surface area contributed by atoms with Gasteiger partial charge in [-0.15, -0.1) is 0 Å². The third kappa shape index (κ3) is 5.05. The molecule has 128 valence electrons. The molecular formula is C20H24FNO2. The molecule has 0 radical (unpaired) electrons. The topological polar surface area (TPSA) is 21.7 Å². The Kier molecular flexibility index (Phi) is 6.21. The lowest BCUT2D eigenvalue weighted by Crippen LogP contribution is -2.35. The van der Waals surface area contributed by atoms with E-state index in [-0.39, 0.29) is 5.82 Å². The molecule has 1 saturated heterocycles. The lowest BCUT2D eigenvalue weighted by atomic mass is 10.2. The van der Waals surface area contributed by atoms with Crippen molar-refractivity contribution < 1.29 is 13.9 Å². The van der Waals surface area contributed by atoms with E-state index in [2.05, 4.69) is 29.2 Å². The van der Waals surface area contributed by atoms with Gasteiger partial charge < -0.3 is 9.47 Å². The number of hydrogen-bond acceptors (Lipinski definition) is 3. The van der Waals surface area contributed by atoms with Crippen molar-refractivity contribution >= 4 is 0 Å². The smallest absolute Gasteiger partial charge is 0.165 e. The van der Waals surface area contributed by atoms with Gasteiger partial charge in [0.1, 0.15) is 6.61 Å². The number of para-hydroxylation sites is 1. The molecule has 24 heavy (non-hydrogen) atoms. The van der Waals surface area contributed by atoms with Crippen molar-refractivity contribution in [3.8, 4) is 5.75 Å². The monoisotopic (exact) mass is 329 g/mol. The van der Waals surface area contributed by atoms with E-state index in [1.165, 1.54) is 11.6 Å². The molecule has 3 nitrogen and oxygen atoms in total. The fourth-order valence-electron chi connectivity index (χ4n) is 3.00. The van der Waals surface area contributed by atoms with Crippen molar-refractivity contribution in [2.75, 3.05) is 26.3 Å². The number of hydrogen-bond donors (Lipinski definition) is 0. The number of ether oxygens (including phenoxy) is 2. The average molecular weight is 329 g/mol. The number of rotatable bonds is 8. The van der Waals surface area contributed by atoms with Crippen molar-refractivity contribution in [3.05, 3.63) is 66.0 Å². The minimum Gasteiger partial charge on any atom is -0.489 e. The molecule has 1 heterocycles. The molecule has 1 fully saturated rings. The number of nitrogens with zero attached hydrogens (tertiary/aromatic N) is 1. The molecule has 1 aliphatic rings. The van der Waals surface area contributed by atoms with Crippen LogP contribution in [-0.4, -0.2) is 37.3 Å². The molecule has 0 saturated carbocycles. The normalized spacial score (nSPS) is 17.3. The average Bonchev–Trinajstić information content (AvgIpc) is 3.10. The number of halogens is 1. The van der Waals surface area contributed by atoms with Crippen LogP contribution in [0, 0.1) is 5.82 Å². The van der Waals surface area contributed by atoms with Crippen LogP contribution in [0.25, 0.3) is 0 Å². The van der Waals surface area contributed by atoms with Gasteiger partial charge in [0.25, 0.3) is 0 Å². The second kappa shape index (κ2) is 8.81. The molecule has 1 atom stereocenters. The van der Waals surface area contributed by atoms with Crippen molar-refractivity contribution in [2.24, 2.45) is 0 Å². The molecule has 0 amide bonds. The van der Waals surface area contributed by atoms with E-state index in [1.807, 2.05) is 6.07 Å². The molecule has 4 heteroatoms. The van der Waals surface area contributed by atoms with Crippen LogP contribution in [0.3, 0.4) is 0 Å². The Labute approximate surface area is 143 Å². The fourth-order valence-corrected chi connectivity index (χ4v) is 3.00. The van der Waals surface area contributed by atoms with Crippen molar-refractivity contribution in [2.45, 2.75) is 25.5 Å². The molecule has 1 unspecified atom stereocenters. The first-order valence-corrected chi connectivity index (χ1v) is 8.56. The van der Waals surface area contributed by atoms with Gasteiger partial charge in [-0.2, -0.15) is 0 Å². The van der Waals surface area contributed by atoms with E-state index in [0.29, 0.717) is 18.5 Å². The highest BCUT2D eigenvalue weighted by Gasteiger charge is 2.19. The van der Waals surface area contributed by atoms with E-state index >= 15 is 0 Å². The summed E-state index contributed by atoms with van der Waals surface area (Å²) in [4.78, 5) is 2.33. The largest absolute Gasteiger partial charge is 0.489 e. The Morgan fingerprint density at radius 1 is 1.08 bits per heavy atom. The fraction of sp³-hybridized carbons (Fsp3) is 0.400. The molecule has 2 aromatic rings. The van der Waals surface area contributed by atoms with Gasteiger partial charge in [0.2, 0.25) is 0 Å². The summed E-state index contributed by atoms with van der Waals surface area (Å²) in [7, 11) is 0. The third-order valence-corrected chi connectivity index (χ3v) is 4.24. The quantitative estimate of drug-likeness (QED) is 0.733. The Bertz CT molecular complexity index is 614. The SMILES string of the molecule is Fc1ccccc1OCCN(Cc1ccccc1)CC1CCCO1. The zero-order valence-electron chi connectivity index (χ0n) is 13.9. The maximum absolute atomic E-state index is 13.6. The minimum absolute atomic E-state index is 0.294. The van der Waals surface area contributed by atoms with Crippen LogP contribution in [-0.2, 0) is 11.3 Å². The lowest BCUT2D eigenvalue weighted by molar-refractivity contribution is 0.0651. The van der Waals surface area contributed by atoms with E-state index in [9.17, 15) is 4.39 Å². The Morgan fingerprint density at radius 3 is 2.62 bits per heavy atom. The van der Waals surface area contributed by atoms with Gasteiger partial charge in [-0.25, -0.2) is 4.39 Å². The molecule has 0 aromatic heterocycles. The molecule has 0 aliphatic carbocycles. The molecule has 1 aliphatic heterocycles. The van der Waals surface area contributed by atoms with Crippen LogP contribution in [0.2, 0.25) is 0 Å². The van der Waals surface area contributed by atoms with E-state index in [1.54, 1.807) is 18.2 Å². The molecule has 3 rings (SSSR count). The van der Waals surface area contributed by atoms with Crippen LogP contribution < -0.4 is 4.74 Å². The first-order valence-electron chi connectivity index (χ1n) is 8.56. The van der Waals surface area contributed by atoms with E-state index < -0.39 is 0 Å². The predicted molar refractivity (Wildman–Crippen MR) is 92.6 cm³/mol. The molecular weight excluding hydrogens is 305 g/mol. The first-order chi connectivity index (χ1) is 11.8. The van der Waals surface area contributed by atoms with Crippen molar-refractivity contribution in [3.63, 3.8) is 0 Å². The summed E-state index contributed by atoms with van der Waals surface area (Å²) in [5.41, 5.74) is 1.27. The Morgan fingerprint density at radius 2 is 1.88 bits per heavy atom. The van der Waals surface area contributed by atoms with Crippen LogP contribution in [0.4, 0.5) is 4.39 Å². The van der Waals surface area contributed by atoms with Crippen LogP contribution in [0.15, 0.2) is 54.6 Å². The summed E-state index contributed by atoms with van der Waals surface area (Å²) >= 11 is 0.